The van der Waals surface area contributed by atoms with Crippen LogP contribution in [-0.2, 0) is 14.6 Å². The van der Waals surface area contributed by atoms with E-state index in [1.165, 1.54) is 7.05 Å². The predicted octanol–water partition coefficient (Wildman–Crippen LogP) is 0.221. The Balaban J connectivity index is 1.95. The van der Waals surface area contributed by atoms with Crippen molar-refractivity contribution in [3.8, 4) is 0 Å². The molecule has 2 aliphatic rings. The van der Waals surface area contributed by atoms with Crippen LogP contribution in [-0.4, -0.2) is 57.2 Å². The topological polar surface area (TPSA) is 86.8 Å². The minimum absolute atomic E-state index is 0.233. The maximum Gasteiger partial charge on any atom is 0.324 e. The lowest BCUT2D eigenvalue weighted by molar-refractivity contribution is -0.129. The van der Waals surface area contributed by atoms with Crippen molar-refractivity contribution in [1.29, 1.82) is 0 Å². The SMILES string of the molecule is CN1C(=O)NC2(CCN(c3ccccc3S(C)(=O)=O)C2)C1=O. The van der Waals surface area contributed by atoms with Crippen LogP contribution < -0.4 is 10.2 Å². The Morgan fingerprint density at radius 3 is 2.50 bits per heavy atom. The highest BCUT2D eigenvalue weighted by molar-refractivity contribution is 7.90. The third-order valence-electron chi connectivity index (χ3n) is 4.24. The fourth-order valence-electron chi connectivity index (χ4n) is 3.08. The summed E-state index contributed by atoms with van der Waals surface area (Å²) in [7, 11) is -1.92. The molecule has 1 N–H and O–H groups in total. The largest absolute Gasteiger partial charge is 0.367 e. The van der Waals surface area contributed by atoms with Gasteiger partial charge in [0.15, 0.2) is 9.84 Å². The molecular formula is C14H17N3O4S. The first-order valence-corrected chi connectivity index (χ1v) is 8.78. The Hall–Kier alpha value is -2.09. The zero-order valence-corrected chi connectivity index (χ0v) is 13.2. The van der Waals surface area contributed by atoms with Crippen molar-refractivity contribution in [3.63, 3.8) is 0 Å². The van der Waals surface area contributed by atoms with Crippen molar-refractivity contribution in [2.24, 2.45) is 0 Å². The van der Waals surface area contributed by atoms with Gasteiger partial charge in [0.2, 0.25) is 0 Å². The average molecular weight is 323 g/mol. The Bertz CT molecular complexity index is 761. The van der Waals surface area contributed by atoms with Gasteiger partial charge in [-0.05, 0) is 18.6 Å². The third-order valence-corrected chi connectivity index (χ3v) is 5.38. The van der Waals surface area contributed by atoms with E-state index in [2.05, 4.69) is 5.32 Å². The zero-order chi connectivity index (χ0) is 16.1. The Morgan fingerprint density at radius 2 is 1.91 bits per heavy atom. The van der Waals surface area contributed by atoms with Crippen LogP contribution in [0.2, 0.25) is 0 Å². The van der Waals surface area contributed by atoms with Gasteiger partial charge < -0.3 is 10.2 Å². The molecule has 3 amide bonds. The van der Waals surface area contributed by atoms with Crippen LogP contribution in [0, 0.1) is 0 Å². The Kier molecular flexibility index (Phi) is 3.17. The van der Waals surface area contributed by atoms with Gasteiger partial charge in [0.1, 0.15) is 5.54 Å². The lowest BCUT2D eigenvalue weighted by Crippen LogP contribution is -2.49. The van der Waals surface area contributed by atoms with Gasteiger partial charge in [0, 0.05) is 19.8 Å². The van der Waals surface area contributed by atoms with E-state index in [0.29, 0.717) is 18.7 Å². The van der Waals surface area contributed by atoms with Crippen LogP contribution in [0.3, 0.4) is 0 Å². The van der Waals surface area contributed by atoms with Gasteiger partial charge in [-0.2, -0.15) is 0 Å². The van der Waals surface area contributed by atoms with Gasteiger partial charge in [-0.15, -0.1) is 0 Å². The van der Waals surface area contributed by atoms with Crippen LogP contribution in [0.25, 0.3) is 0 Å². The third kappa shape index (κ3) is 2.14. The van der Waals surface area contributed by atoms with Crippen LogP contribution >= 0.6 is 0 Å². The normalized spacial score (nSPS) is 25.2. The van der Waals surface area contributed by atoms with Gasteiger partial charge in [-0.25, -0.2) is 13.2 Å². The number of nitrogens with zero attached hydrogens (tertiary/aromatic N) is 2. The molecule has 1 aromatic carbocycles. The molecule has 2 aliphatic heterocycles. The number of benzene rings is 1. The van der Waals surface area contributed by atoms with Crippen molar-refractivity contribution in [3.05, 3.63) is 24.3 Å². The molecule has 0 aromatic heterocycles. The molecule has 0 saturated carbocycles. The second kappa shape index (κ2) is 4.70. The molecule has 22 heavy (non-hydrogen) atoms. The molecule has 1 aromatic rings. The molecule has 0 bridgehead atoms. The van der Waals surface area contributed by atoms with Gasteiger partial charge in [-0.3, -0.25) is 9.69 Å². The van der Waals surface area contributed by atoms with Crippen molar-refractivity contribution in [2.45, 2.75) is 16.9 Å². The maximum absolute atomic E-state index is 12.3. The summed E-state index contributed by atoms with van der Waals surface area (Å²) in [6, 6.07) is 6.29. The molecule has 0 radical (unpaired) electrons. The number of anilines is 1. The van der Waals surface area contributed by atoms with Gasteiger partial charge in [-0.1, -0.05) is 12.1 Å². The summed E-state index contributed by atoms with van der Waals surface area (Å²) in [6.07, 6.45) is 1.62. The van der Waals surface area contributed by atoms with E-state index in [0.717, 1.165) is 11.2 Å². The summed E-state index contributed by atoms with van der Waals surface area (Å²) in [5.74, 6) is -0.267. The lowest BCUT2D eigenvalue weighted by atomic mass is 9.99. The van der Waals surface area contributed by atoms with Crippen molar-refractivity contribution < 1.29 is 18.0 Å². The molecule has 2 heterocycles. The maximum atomic E-state index is 12.3. The summed E-state index contributed by atoms with van der Waals surface area (Å²) in [4.78, 5) is 27.1. The predicted molar refractivity (Wildman–Crippen MR) is 80.4 cm³/mol. The number of imide groups is 1. The lowest BCUT2D eigenvalue weighted by Gasteiger charge is -2.24. The molecule has 3 rings (SSSR count). The van der Waals surface area contributed by atoms with E-state index in [9.17, 15) is 18.0 Å². The smallest absolute Gasteiger partial charge is 0.324 e. The van der Waals surface area contributed by atoms with Crippen LogP contribution in [0.5, 0.6) is 0 Å². The number of urea groups is 1. The van der Waals surface area contributed by atoms with E-state index >= 15 is 0 Å². The molecule has 2 fully saturated rings. The molecule has 8 heteroatoms. The van der Waals surface area contributed by atoms with Crippen LogP contribution in [0.4, 0.5) is 10.5 Å². The monoisotopic (exact) mass is 323 g/mol. The first-order valence-electron chi connectivity index (χ1n) is 6.89. The number of carbonyl (C=O) groups excluding carboxylic acids is 2. The highest BCUT2D eigenvalue weighted by atomic mass is 32.2. The molecule has 1 atom stereocenters. The van der Waals surface area contributed by atoms with E-state index in [4.69, 9.17) is 0 Å². The summed E-state index contributed by atoms with van der Waals surface area (Å²) in [5, 5.41) is 2.73. The quantitative estimate of drug-likeness (QED) is 0.787. The summed E-state index contributed by atoms with van der Waals surface area (Å²) >= 11 is 0. The molecule has 7 nitrogen and oxygen atoms in total. The number of hydrogen-bond acceptors (Lipinski definition) is 5. The number of amides is 3. The van der Waals surface area contributed by atoms with Gasteiger partial charge >= 0.3 is 6.03 Å². The second-order valence-corrected chi connectivity index (χ2v) is 7.77. The number of rotatable bonds is 2. The summed E-state index contributed by atoms with van der Waals surface area (Å²) in [6.45, 7) is 0.779. The fourth-order valence-corrected chi connectivity index (χ4v) is 3.98. The minimum Gasteiger partial charge on any atom is -0.367 e. The van der Waals surface area contributed by atoms with Crippen molar-refractivity contribution in [2.75, 3.05) is 31.3 Å². The standard InChI is InChI=1S/C14H17N3O4S/c1-16-12(18)14(15-13(16)19)7-8-17(9-14)10-5-3-4-6-11(10)22(2,20)21/h3-6H,7-9H2,1-2H3,(H,15,19). The number of likely N-dealkylation sites (N-methyl/N-ethyl adjacent to an activating group) is 1. The van der Waals surface area contributed by atoms with Crippen molar-refractivity contribution in [1.82, 2.24) is 10.2 Å². The van der Waals surface area contributed by atoms with E-state index in [-0.39, 0.29) is 17.3 Å². The van der Waals surface area contributed by atoms with Gasteiger partial charge in [0.05, 0.1) is 17.1 Å². The first kappa shape index (κ1) is 14.8. The fraction of sp³-hybridized carbons (Fsp3) is 0.429. The molecular weight excluding hydrogens is 306 g/mol. The highest BCUT2D eigenvalue weighted by Gasteiger charge is 2.53. The first-order chi connectivity index (χ1) is 10.2. The number of sulfone groups is 1. The molecule has 1 spiro atoms. The number of carbonyl (C=O) groups is 2. The van der Waals surface area contributed by atoms with E-state index < -0.39 is 21.4 Å². The Labute approximate surface area is 128 Å². The van der Waals surface area contributed by atoms with E-state index in [1.54, 1.807) is 24.3 Å². The zero-order valence-electron chi connectivity index (χ0n) is 12.4. The van der Waals surface area contributed by atoms with Crippen LogP contribution in [0.1, 0.15) is 6.42 Å². The molecule has 1 unspecified atom stereocenters. The summed E-state index contributed by atoms with van der Waals surface area (Å²) in [5.41, 5.74) is -0.380. The van der Waals surface area contributed by atoms with Crippen molar-refractivity contribution >= 4 is 27.5 Å². The second-order valence-electron chi connectivity index (χ2n) is 5.79. The molecule has 2 saturated heterocycles. The highest BCUT2D eigenvalue weighted by Crippen LogP contribution is 2.34. The molecule has 118 valence electrons. The minimum atomic E-state index is -3.37. The number of para-hydroxylation sites is 1. The number of nitrogens with one attached hydrogen (secondary N) is 1. The van der Waals surface area contributed by atoms with Crippen LogP contribution in [0.15, 0.2) is 29.2 Å². The molecule has 0 aliphatic carbocycles. The Morgan fingerprint density at radius 1 is 1.23 bits per heavy atom. The summed E-state index contributed by atoms with van der Waals surface area (Å²) < 4.78 is 23.8. The van der Waals surface area contributed by atoms with E-state index in [1.807, 2.05) is 4.90 Å². The van der Waals surface area contributed by atoms with Gasteiger partial charge in [0.25, 0.3) is 5.91 Å². The number of hydrogen-bond donors (Lipinski definition) is 1. The average Bonchev–Trinajstić information content (AvgIpc) is 2.97.